The minimum atomic E-state index is -0.324. The first-order chi connectivity index (χ1) is 8.58. The number of carbonyl (C=O) groups is 1. The van der Waals surface area contributed by atoms with Crippen LogP contribution >= 0.6 is 0 Å². The van der Waals surface area contributed by atoms with E-state index in [9.17, 15) is 4.79 Å². The van der Waals surface area contributed by atoms with Crippen LogP contribution in [0.3, 0.4) is 0 Å². The highest BCUT2D eigenvalue weighted by Crippen LogP contribution is 2.12. The lowest BCUT2D eigenvalue weighted by Gasteiger charge is -2.18. The van der Waals surface area contributed by atoms with Crippen molar-refractivity contribution in [2.24, 2.45) is 0 Å². The highest BCUT2D eigenvalue weighted by molar-refractivity contribution is 5.84. The molecule has 0 saturated carbocycles. The van der Waals surface area contributed by atoms with Crippen LogP contribution in [0.1, 0.15) is 6.92 Å². The molecule has 0 radical (unpaired) electrons. The molecule has 1 aromatic heterocycles. The number of nitrogens with one attached hydrogen (secondary N) is 1. The van der Waals surface area contributed by atoms with Crippen molar-refractivity contribution >= 4 is 22.8 Å². The third kappa shape index (κ3) is 2.56. The molecule has 18 heavy (non-hydrogen) atoms. The molecule has 0 aliphatic rings. The molecule has 1 N–H and O–H groups in total. The van der Waals surface area contributed by atoms with Crippen LogP contribution in [0.4, 0.5) is 5.82 Å². The molecule has 0 spiro atoms. The van der Waals surface area contributed by atoms with Crippen molar-refractivity contribution in [3.63, 3.8) is 0 Å². The Morgan fingerprint density at radius 2 is 1.94 bits per heavy atom. The zero-order valence-electron chi connectivity index (χ0n) is 10.7. The number of benzene rings is 1. The fourth-order valence-corrected chi connectivity index (χ4v) is 1.70. The van der Waals surface area contributed by atoms with Gasteiger partial charge in [-0.05, 0) is 19.1 Å². The van der Waals surface area contributed by atoms with E-state index in [-0.39, 0.29) is 11.9 Å². The second kappa shape index (κ2) is 5.00. The first-order valence-electron chi connectivity index (χ1n) is 5.77. The number of hydrogen-bond donors (Lipinski definition) is 1. The summed E-state index contributed by atoms with van der Waals surface area (Å²) in [6.07, 6.45) is 1.64. The van der Waals surface area contributed by atoms with Crippen molar-refractivity contribution in [1.29, 1.82) is 0 Å². The van der Waals surface area contributed by atoms with Crippen LogP contribution in [0.2, 0.25) is 0 Å². The van der Waals surface area contributed by atoms with Crippen molar-refractivity contribution < 1.29 is 4.79 Å². The number of nitrogens with zero attached hydrogens (tertiary/aromatic N) is 3. The van der Waals surface area contributed by atoms with Crippen LogP contribution in [0.5, 0.6) is 0 Å². The number of hydrogen-bond acceptors (Lipinski definition) is 4. The zero-order valence-corrected chi connectivity index (χ0v) is 10.7. The number of likely N-dealkylation sites (N-methyl/N-ethyl adjacent to an activating group) is 1. The van der Waals surface area contributed by atoms with E-state index in [1.54, 1.807) is 32.1 Å². The molecule has 1 heterocycles. The minimum absolute atomic E-state index is 0.00459. The van der Waals surface area contributed by atoms with Gasteiger partial charge in [0.1, 0.15) is 11.9 Å². The van der Waals surface area contributed by atoms with Gasteiger partial charge in [-0.25, -0.2) is 4.98 Å². The molecule has 0 bridgehead atoms. The maximum atomic E-state index is 11.7. The third-order valence-electron chi connectivity index (χ3n) is 2.62. The van der Waals surface area contributed by atoms with Crippen LogP contribution in [0, 0.1) is 0 Å². The van der Waals surface area contributed by atoms with Crippen LogP contribution < -0.4 is 5.32 Å². The molecule has 1 aromatic carbocycles. The summed E-state index contributed by atoms with van der Waals surface area (Å²) in [6.45, 7) is 1.80. The Bertz CT molecular complexity index is 568. The number of carbonyl (C=O) groups excluding carboxylic acids is 1. The highest BCUT2D eigenvalue weighted by Gasteiger charge is 2.14. The summed E-state index contributed by atoms with van der Waals surface area (Å²) >= 11 is 0. The van der Waals surface area contributed by atoms with Crippen LogP contribution in [-0.2, 0) is 4.79 Å². The Balaban J connectivity index is 2.19. The maximum Gasteiger partial charge on any atom is 0.244 e. The Morgan fingerprint density at radius 3 is 2.61 bits per heavy atom. The smallest absolute Gasteiger partial charge is 0.244 e. The molecule has 1 atom stereocenters. The fraction of sp³-hybridized carbons (Fsp3) is 0.308. The standard InChI is InChI=1S/C13H16N4O/c1-9(13(18)17(2)3)15-12-8-14-10-6-4-5-7-11(10)16-12/h4-9H,1-3H3,(H,15,16). The molecule has 0 saturated heterocycles. The quantitative estimate of drug-likeness (QED) is 0.889. The highest BCUT2D eigenvalue weighted by atomic mass is 16.2. The average molecular weight is 244 g/mol. The number of anilines is 1. The Kier molecular flexibility index (Phi) is 3.41. The predicted molar refractivity (Wildman–Crippen MR) is 71.3 cm³/mol. The van der Waals surface area contributed by atoms with E-state index in [4.69, 9.17) is 0 Å². The SMILES string of the molecule is CC(Nc1cnc2ccccc2n1)C(=O)N(C)C. The molecular formula is C13H16N4O. The van der Waals surface area contributed by atoms with E-state index in [0.717, 1.165) is 11.0 Å². The molecule has 0 aliphatic carbocycles. The number of amides is 1. The Hall–Kier alpha value is -2.17. The van der Waals surface area contributed by atoms with Gasteiger partial charge < -0.3 is 10.2 Å². The van der Waals surface area contributed by atoms with Gasteiger partial charge in [-0.15, -0.1) is 0 Å². The molecule has 1 amide bonds. The van der Waals surface area contributed by atoms with Gasteiger partial charge in [-0.1, -0.05) is 12.1 Å². The van der Waals surface area contributed by atoms with Crippen LogP contribution in [0.15, 0.2) is 30.5 Å². The number of aromatic nitrogens is 2. The summed E-state index contributed by atoms with van der Waals surface area (Å²) in [5.74, 6) is 0.612. The number of fused-ring (bicyclic) bond motifs is 1. The molecule has 1 unspecified atom stereocenters. The largest absolute Gasteiger partial charge is 0.357 e. The summed E-state index contributed by atoms with van der Waals surface area (Å²) in [4.78, 5) is 22.0. The second-order valence-corrected chi connectivity index (χ2v) is 4.34. The first-order valence-corrected chi connectivity index (χ1v) is 5.77. The molecular weight excluding hydrogens is 228 g/mol. The van der Waals surface area contributed by atoms with Gasteiger partial charge in [0.15, 0.2) is 0 Å². The van der Waals surface area contributed by atoms with Gasteiger partial charge in [-0.3, -0.25) is 9.78 Å². The molecule has 5 heteroatoms. The first kappa shape index (κ1) is 12.3. The van der Waals surface area contributed by atoms with Crippen molar-refractivity contribution in [3.8, 4) is 0 Å². The van der Waals surface area contributed by atoms with Crippen LogP contribution in [0.25, 0.3) is 11.0 Å². The molecule has 2 aromatic rings. The van der Waals surface area contributed by atoms with Gasteiger partial charge in [0, 0.05) is 14.1 Å². The van der Waals surface area contributed by atoms with Crippen molar-refractivity contribution in [2.75, 3.05) is 19.4 Å². The summed E-state index contributed by atoms with van der Waals surface area (Å²) in [5.41, 5.74) is 1.65. The molecule has 2 rings (SSSR count). The van der Waals surface area contributed by atoms with E-state index in [1.165, 1.54) is 0 Å². The lowest BCUT2D eigenvalue weighted by atomic mass is 10.3. The minimum Gasteiger partial charge on any atom is -0.357 e. The van der Waals surface area contributed by atoms with Gasteiger partial charge in [0.05, 0.1) is 17.2 Å². The summed E-state index contributed by atoms with van der Waals surface area (Å²) in [6, 6.07) is 7.31. The second-order valence-electron chi connectivity index (χ2n) is 4.34. The molecule has 5 nitrogen and oxygen atoms in total. The maximum absolute atomic E-state index is 11.7. The van der Waals surface area contributed by atoms with Crippen molar-refractivity contribution in [1.82, 2.24) is 14.9 Å². The Labute approximate surface area is 106 Å². The monoisotopic (exact) mass is 244 g/mol. The lowest BCUT2D eigenvalue weighted by molar-refractivity contribution is -0.129. The zero-order chi connectivity index (χ0) is 13.1. The summed E-state index contributed by atoms with van der Waals surface area (Å²) in [5, 5.41) is 3.05. The van der Waals surface area contributed by atoms with E-state index < -0.39 is 0 Å². The van der Waals surface area contributed by atoms with Gasteiger partial charge in [0.2, 0.25) is 5.91 Å². The normalized spacial score (nSPS) is 12.2. The van der Waals surface area contributed by atoms with E-state index in [0.29, 0.717) is 5.82 Å². The van der Waals surface area contributed by atoms with Crippen molar-refractivity contribution in [2.45, 2.75) is 13.0 Å². The van der Waals surface area contributed by atoms with E-state index in [1.807, 2.05) is 24.3 Å². The lowest BCUT2D eigenvalue weighted by Crippen LogP contribution is -2.36. The van der Waals surface area contributed by atoms with Crippen molar-refractivity contribution in [3.05, 3.63) is 30.5 Å². The van der Waals surface area contributed by atoms with E-state index >= 15 is 0 Å². The van der Waals surface area contributed by atoms with E-state index in [2.05, 4.69) is 15.3 Å². The third-order valence-corrected chi connectivity index (χ3v) is 2.62. The molecule has 0 aliphatic heterocycles. The molecule has 94 valence electrons. The number of rotatable bonds is 3. The molecule has 0 fully saturated rings. The van der Waals surface area contributed by atoms with Gasteiger partial charge in [-0.2, -0.15) is 0 Å². The topological polar surface area (TPSA) is 58.1 Å². The van der Waals surface area contributed by atoms with Crippen LogP contribution in [-0.4, -0.2) is 40.9 Å². The Morgan fingerprint density at radius 1 is 1.28 bits per heavy atom. The summed E-state index contributed by atoms with van der Waals surface area (Å²) < 4.78 is 0. The summed E-state index contributed by atoms with van der Waals surface area (Å²) in [7, 11) is 3.46. The van der Waals surface area contributed by atoms with Gasteiger partial charge >= 0.3 is 0 Å². The fourth-order valence-electron chi connectivity index (χ4n) is 1.70. The van der Waals surface area contributed by atoms with Gasteiger partial charge in [0.25, 0.3) is 0 Å². The number of para-hydroxylation sites is 2. The predicted octanol–water partition coefficient (Wildman–Crippen LogP) is 1.52. The average Bonchev–Trinajstić information content (AvgIpc) is 2.37.